The number of hydrogen-bond acceptors (Lipinski definition) is 8. The van der Waals surface area contributed by atoms with Gasteiger partial charge in [-0.2, -0.15) is 0 Å². The molecule has 2 aliphatic rings. The van der Waals surface area contributed by atoms with Gasteiger partial charge >= 0.3 is 12.1 Å². The number of carbonyl (C=O) groups excluding carboxylic acids is 5. The summed E-state index contributed by atoms with van der Waals surface area (Å²) in [5, 5.41) is 8.05. The third-order valence-electron chi connectivity index (χ3n) is 9.38. The van der Waals surface area contributed by atoms with Crippen LogP contribution in [0.15, 0.2) is 60.7 Å². The number of ether oxygens (including phenoxy) is 2. The van der Waals surface area contributed by atoms with Gasteiger partial charge in [-0.3, -0.25) is 23.8 Å². The van der Waals surface area contributed by atoms with E-state index in [0.29, 0.717) is 63.7 Å². The van der Waals surface area contributed by atoms with Crippen molar-refractivity contribution >= 4 is 37.3 Å². The number of carbonyl (C=O) groups is 5. The molecule has 2 saturated heterocycles. The summed E-state index contributed by atoms with van der Waals surface area (Å²) in [6.07, 6.45) is 2.69. The van der Waals surface area contributed by atoms with Crippen molar-refractivity contribution in [1.82, 2.24) is 25.5 Å². The predicted octanol–water partition coefficient (Wildman–Crippen LogP) is 1.70. The zero-order chi connectivity index (χ0) is 37.7. The topological polar surface area (TPSA) is 211 Å². The van der Waals surface area contributed by atoms with E-state index in [1.165, 1.54) is 23.8 Å². The predicted molar refractivity (Wildman–Crippen MR) is 191 cm³/mol. The minimum atomic E-state index is -4.54. The summed E-state index contributed by atoms with van der Waals surface area (Å²) in [5.41, 5.74) is 5.31. The van der Waals surface area contributed by atoms with Gasteiger partial charge in [-0.1, -0.05) is 60.7 Å². The molecule has 52 heavy (non-hydrogen) atoms. The Kier molecular flexibility index (Phi) is 15.2. The van der Waals surface area contributed by atoms with Crippen LogP contribution in [0.5, 0.6) is 0 Å². The fourth-order valence-corrected chi connectivity index (χ4v) is 8.18. The number of esters is 1. The van der Waals surface area contributed by atoms with Gasteiger partial charge in [-0.15, -0.1) is 0 Å². The summed E-state index contributed by atoms with van der Waals surface area (Å²) in [6.45, 7) is 2.70. The molecule has 2 heterocycles. The number of likely N-dealkylation sites (tertiary alicyclic amines) is 2. The van der Waals surface area contributed by atoms with Gasteiger partial charge in [0.25, 0.3) is 7.52 Å². The third-order valence-corrected chi connectivity index (χ3v) is 11.3. The second-order valence-electron chi connectivity index (χ2n) is 13.2. The second kappa shape index (κ2) is 19.5. The highest BCUT2D eigenvalue weighted by molar-refractivity contribution is 7.56. The molecule has 16 heteroatoms. The molecule has 15 nitrogen and oxygen atoms in total. The maximum atomic E-state index is 14.1. The zero-order valence-electron chi connectivity index (χ0n) is 29.9. The Hall–Kier alpha value is -4.30. The van der Waals surface area contributed by atoms with Gasteiger partial charge in [0, 0.05) is 19.5 Å². The fourth-order valence-electron chi connectivity index (χ4n) is 6.57. The number of nitrogens with zero attached hydrogens (tertiary/aromatic N) is 2. The quantitative estimate of drug-likeness (QED) is 0.0899. The maximum absolute atomic E-state index is 14.1. The van der Waals surface area contributed by atoms with Crippen LogP contribution < -0.4 is 21.5 Å². The van der Waals surface area contributed by atoms with Crippen LogP contribution in [0, 0.1) is 0 Å². The average Bonchev–Trinajstić information content (AvgIpc) is 3.84. The molecule has 0 radical (unpaired) electrons. The maximum Gasteiger partial charge on any atom is 0.410 e. The number of nitrogens with one attached hydrogen (secondary N) is 3. The molecule has 1 unspecified atom stereocenters. The molecule has 2 aliphatic heterocycles. The van der Waals surface area contributed by atoms with Crippen LogP contribution in [0.4, 0.5) is 4.79 Å². The minimum Gasteiger partial charge on any atom is -0.467 e. The van der Waals surface area contributed by atoms with E-state index in [2.05, 4.69) is 21.5 Å². The van der Waals surface area contributed by atoms with Gasteiger partial charge in [-0.25, -0.2) is 14.7 Å². The summed E-state index contributed by atoms with van der Waals surface area (Å²) in [5.74, 6) is -3.71. The first-order chi connectivity index (χ1) is 24.9. The Bertz CT molecular complexity index is 1570. The first-order valence-corrected chi connectivity index (χ1v) is 19.6. The molecule has 4 amide bonds. The van der Waals surface area contributed by atoms with Crippen LogP contribution in [0.3, 0.4) is 0 Å². The normalized spacial score (nSPS) is 19.9. The number of benzene rings is 2. The van der Waals surface area contributed by atoms with Gasteiger partial charge in [0.05, 0.1) is 19.7 Å². The smallest absolute Gasteiger partial charge is 0.410 e. The first-order valence-electron chi connectivity index (χ1n) is 17.8. The summed E-state index contributed by atoms with van der Waals surface area (Å²) < 4.78 is 24.4. The number of rotatable bonds is 17. The van der Waals surface area contributed by atoms with Gasteiger partial charge in [-0.05, 0) is 63.0 Å². The molecule has 2 fully saturated rings. The molecule has 0 saturated carbocycles. The van der Waals surface area contributed by atoms with Crippen LogP contribution in [0.2, 0.25) is 0 Å². The zero-order valence-corrected chi connectivity index (χ0v) is 30.8. The van der Waals surface area contributed by atoms with E-state index in [0.717, 1.165) is 5.56 Å². The summed E-state index contributed by atoms with van der Waals surface area (Å²) in [4.78, 5) is 80.4. The SMILES string of the molecule is COC(=O)[C@@H]1CCCN1C(=O)[C@H](C)NP(=O)(O)[C@@H](Cc1ccccc1)NC(=O)[C@@H](CCCC[NH3+])NC(=O)[C@@H]1CCCN1C(=O)OCc1ccccc1. The Morgan fingerprint density at radius 2 is 1.52 bits per heavy atom. The minimum absolute atomic E-state index is 0.0484. The van der Waals surface area contributed by atoms with E-state index in [1.54, 1.807) is 30.3 Å². The number of hydrogen-bond donors (Lipinski definition) is 5. The van der Waals surface area contributed by atoms with Crippen molar-refractivity contribution in [3.05, 3.63) is 71.8 Å². The monoisotopic (exact) mass is 743 g/mol. The lowest BCUT2D eigenvalue weighted by Gasteiger charge is -2.31. The molecular weight excluding hydrogens is 691 g/mol. The molecule has 2 aromatic rings. The van der Waals surface area contributed by atoms with Gasteiger partial charge in [0.1, 0.15) is 30.5 Å². The lowest BCUT2D eigenvalue weighted by molar-refractivity contribution is -0.368. The number of methoxy groups -OCH3 is 1. The highest BCUT2D eigenvalue weighted by Crippen LogP contribution is 2.43. The molecule has 0 spiro atoms. The number of quaternary nitrogens is 1. The molecule has 0 bridgehead atoms. The summed E-state index contributed by atoms with van der Waals surface area (Å²) >= 11 is 0. The molecule has 7 N–H and O–H groups in total. The Morgan fingerprint density at radius 3 is 2.15 bits per heavy atom. The van der Waals surface area contributed by atoms with E-state index in [-0.39, 0.29) is 19.4 Å². The second-order valence-corrected chi connectivity index (χ2v) is 15.3. The molecule has 6 atom stereocenters. The van der Waals surface area contributed by atoms with E-state index < -0.39 is 67.3 Å². The van der Waals surface area contributed by atoms with E-state index >= 15 is 0 Å². The Labute approximate surface area is 304 Å². The van der Waals surface area contributed by atoms with E-state index in [4.69, 9.17) is 9.47 Å². The van der Waals surface area contributed by atoms with Crippen LogP contribution >= 0.6 is 7.52 Å². The van der Waals surface area contributed by atoms with Crippen LogP contribution in [-0.4, -0.2) is 101 Å². The molecular formula is C36H52N6O9P+. The molecule has 4 rings (SSSR count). The van der Waals surface area contributed by atoms with Gasteiger partial charge < -0.3 is 35.6 Å². The van der Waals surface area contributed by atoms with Crippen LogP contribution in [0.25, 0.3) is 0 Å². The Morgan fingerprint density at radius 1 is 0.904 bits per heavy atom. The lowest BCUT2D eigenvalue weighted by Crippen LogP contribution is -2.55. The number of amides is 4. The van der Waals surface area contributed by atoms with Crippen molar-refractivity contribution in [2.45, 2.75) is 94.8 Å². The Balaban J connectivity index is 1.48. The summed E-state index contributed by atoms with van der Waals surface area (Å²) in [6, 6.07) is 14.1. The highest BCUT2D eigenvalue weighted by atomic mass is 31.2. The van der Waals surface area contributed by atoms with Crippen molar-refractivity contribution in [2.75, 3.05) is 26.7 Å². The fraction of sp³-hybridized carbons (Fsp3) is 0.528. The van der Waals surface area contributed by atoms with Crippen molar-refractivity contribution in [3.8, 4) is 0 Å². The molecule has 0 aromatic heterocycles. The van der Waals surface area contributed by atoms with E-state index in [9.17, 15) is 33.4 Å². The lowest BCUT2D eigenvalue weighted by atomic mass is 10.1. The van der Waals surface area contributed by atoms with Gasteiger partial charge in [0.15, 0.2) is 0 Å². The molecule has 284 valence electrons. The largest absolute Gasteiger partial charge is 0.467 e. The van der Waals surface area contributed by atoms with Crippen molar-refractivity contribution in [3.63, 3.8) is 0 Å². The van der Waals surface area contributed by atoms with E-state index in [1.807, 2.05) is 30.3 Å². The van der Waals surface area contributed by atoms with Crippen molar-refractivity contribution in [2.24, 2.45) is 0 Å². The molecule has 0 aliphatic carbocycles. The number of unbranched alkanes of at least 4 members (excludes halogenated alkanes) is 1. The van der Waals surface area contributed by atoms with Gasteiger partial charge in [0.2, 0.25) is 17.7 Å². The standard InChI is InChI=1S/C36H51N6O9P/c1-25(34(45)41-21-12-19-30(41)35(46)50-2)40-52(48,49)31(23-26-13-5-3-6-14-26)39-32(43)28(17-9-10-20-37)38-33(44)29-18-11-22-42(29)36(47)51-24-27-15-7-4-8-16-27/h3-8,13-16,25,28-31H,9-12,17-24,37H2,1-2H3,(H,38,44)(H,39,43)(H2,40,48,49)/p+1/t25-,28+,29-,30-,31-/m0/s1. The van der Waals surface area contributed by atoms with Crippen molar-refractivity contribution < 1.29 is 48.6 Å². The van der Waals surface area contributed by atoms with Crippen molar-refractivity contribution in [1.29, 1.82) is 0 Å². The molecule has 2 aromatic carbocycles. The average molecular weight is 744 g/mol. The summed E-state index contributed by atoms with van der Waals surface area (Å²) in [7, 11) is -3.30. The third kappa shape index (κ3) is 11.1. The van der Waals surface area contributed by atoms with Crippen LogP contribution in [-0.2, 0) is 46.2 Å². The highest BCUT2D eigenvalue weighted by Gasteiger charge is 2.42. The van der Waals surface area contributed by atoms with Crippen LogP contribution in [0.1, 0.15) is 63.0 Å². The first kappa shape index (κ1) is 40.5.